The summed E-state index contributed by atoms with van der Waals surface area (Å²) in [5.74, 6) is -3.03. The number of rotatable bonds is 5. The molecule has 2 aliphatic heterocycles. The molecule has 8 nitrogen and oxygen atoms in total. The number of carbonyl (C=O) groups is 4. The summed E-state index contributed by atoms with van der Waals surface area (Å²) in [6.45, 7) is 0. The van der Waals surface area contributed by atoms with Gasteiger partial charge < -0.3 is 20.4 Å². The molecule has 2 aromatic carbocycles. The van der Waals surface area contributed by atoms with Crippen molar-refractivity contribution in [1.82, 2.24) is 10.2 Å². The van der Waals surface area contributed by atoms with Gasteiger partial charge in [-0.3, -0.25) is 14.4 Å². The van der Waals surface area contributed by atoms with Crippen molar-refractivity contribution in [3.63, 3.8) is 0 Å². The lowest BCUT2D eigenvalue weighted by Gasteiger charge is -2.41. The van der Waals surface area contributed by atoms with Crippen molar-refractivity contribution in [2.45, 2.75) is 63.1 Å². The normalized spacial score (nSPS) is 24.5. The zero-order valence-electron chi connectivity index (χ0n) is 19.3. The van der Waals surface area contributed by atoms with Gasteiger partial charge in [-0.1, -0.05) is 48.5 Å². The molecule has 5 rings (SSSR count). The Morgan fingerprint density at radius 3 is 2.20 bits per heavy atom. The largest absolute Gasteiger partial charge is 0.481 e. The number of nitrogens with one attached hydrogen (secondary N) is 1. The smallest absolute Gasteiger partial charge is 0.326 e. The number of amides is 2. The zero-order valence-corrected chi connectivity index (χ0v) is 19.3. The van der Waals surface area contributed by atoms with Crippen LogP contribution in [0.2, 0.25) is 0 Å². The highest BCUT2D eigenvalue weighted by atomic mass is 16.4. The molecule has 2 amide bonds. The summed E-state index contributed by atoms with van der Waals surface area (Å²) in [6, 6.07) is 12.8. The number of aliphatic carboxylic acids is 2. The number of hydrogen-bond acceptors (Lipinski definition) is 4. The van der Waals surface area contributed by atoms with Gasteiger partial charge in [-0.2, -0.15) is 0 Å². The number of benzene rings is 2. The average molecular weight is 477 g/mol. The van der Waals surface area contributed by atoms with Crippen molar-refractivity contribution in [1.29, 1.82) is 0 Å². The van der Waals surface area contributed by atoms with Crippen LogP contribution in [-0.2, 0) is 38.4 Å². The predicted molar refractivity (Wildman–Crippen MR) is 125 cm³/mol. The van der Waals surface area contributed by atoms with Crippen LogP contribution in [0.3, 0.4) is 0 Å². The second-order valence-corrected chi connectivity index (χ2v) is 9.95. The molecule has 1 saturated heterocycles. The highest BCUT2D eigenvalue weighted by Crippen LogP contribution is 2.42. The second-order valence-electron chi connectivity index (χ2n) is 9.95. The molecule has 35 heavy (non-hydrogen) atoms. The van der Waals surface area contributed by atoms with E-state index < -0.39 is 41.3 Å². The molecule has 182 valence electrons. The fourth-order valence-electron chi connectivity index (χ4n) is 6.16. The van der Waals surface area contributed by atoms with Gasteiger partial charge in [0.15, 0.2) is 0 Å². The van der Waals surface area contributed by atoms with Gasteiger partial charge in [0.1, 0.15) is 12.1 Å². The summed E-state index contributed by atoms with van der Waals surface area (Å²) >= 11 is 0. The quantitative estimate of drug-likeness (QED) is 0.609. The molecule has 3 N–H and O–H groups in total. The monoisotopic (exact) mass is 476 g/mol. The lowest BCUT2D eigenvalue weighted by atomic mass is 9.80. The first kappa shape index (κ1) is 23.1. The van der Waals surface area contributed by atoms with Crippen molar-refractivity contribution in [3.8, 4) is 0 Å². The third-order valence-electron chi connectivity index (χ3n) is 7.76. The summed E-state index contributed by atoms with van der Waals surface area (Å²) in [5.41, 5.74) is 2.48. The van der Waals surface area contributed by atoms with Crippen LogP contribution in [0.1, 0.15) is 54.0 Å². The van der Waals surface area contributed by atoms with Crippen molar-refractivity contribution < 1.29 is 29.4 Å². The maximum absolute atomic E-state index is 13.8. The Bertz CT molecular complexity index is 1180. The molecule has 3 aliphatic rings. The van der Waals surface area contributed by atoms with Crippen LogP contribution in [0.15, 0.2) is 48.5 Å². The van der Waals surface area contributed by atoms with Crippen LogP contribution in [0, 0.1) is 5.41 Å². The Balaban J connectivity index is 1.49. The Hall–Kier alpha value is -3.68. The number of nitrogens with zero attached hydrogens (tertiary/aromatic N) is 1. The van der Waals surface area contributed by atoms with Crippen molar-refractivity contribution in [2.24, 2.45) is 5.41 Å². The van der Waals surface area contributed by atoms with E-state index in [0.29, 0.717) is 19.3 Å². The van der Waals surface area contributed by atoms with Gasteiger partial charge in [-0.15, -0.1) is 0 Å². The molecule has 8 heteroatoms. The molecular weight excluding hydrogens is 448 g/mol. The van der Waals surface area contributed by atoms with Gasteiger partial charge in [-0.05, 0) is 54.4 Å². The van der Waals surface area contributed by atoms with E-state index in [1.807, 2.05) is 48.5 Å². The van der Waals surface area contributed by atoms with Gasteiger partial charge in [0.05, 0.1) is 17.9 Å². The number of hydrogen-bond donors (Lipinski definition) is 3. The van der Waals surface area contributed by atoms with E-state index >= 15 is 0 Å². The Kier molecular flexibility index (Phi) is 5.83. The van der Waals surface area contributed by atoms with Gasteiger partial charge in [0.2, 0.25) is 11.8 Å². The SMILES string of the molecule is O=C(O)CC1(C(=O)NC2Cc3ccccc3C3CCCC(C(=O)O)N3C2=O)Cc2ccccc2C1. The summed E-state index contributed by atoms with van der Waals surface area (Å²) < 4.78 is 0. The molecule has 0 spiro atoms. The minimum absolute atomic E-state index is 0.232. The maximum Gasteiger partial charge on any atom is 0.326 e. The van der Waals surface area contributed by atoms with E-state index in [9.17, 15) is 29.4 Å². The van der Waals surface area contributed by atoms with Crippen LogP contribution < -0.4 is 5.32 Å². The summed E-state index contributed by atoms with van der Waals surface area (Å²) in [7, 11) is 0. The van der Waals surface area contributed by atoms with Crippen molar-refractivity contribution in [2.75, 3.05) is 0 Å². The molecule has 0 bridgehead atoms. The highest BCUT2D eigenvalue weighted by Gasteiger charge is 2.49. The minimum atomic E-state index is -1.20. The minimum Gasteiger partial charge on any atom is -0.481 e. The molecule has 0 saturated carbocycles. The third kappa shape index (κ3) is 4.07. The third-order valence-corrected chi connectivity index (χ3v) is 7.76. The topological polar surface area (TPSA) is 124 Å². The van der Waals surface area contributed by atoms with Crippen LogP contribution in [-0.4, -0.2) is 50.9 Å². The fraction of sp³-hybridized carbons (Fsp3) is 0.407. The first-order valence-corrected chi connectivity index (χ1v) is 12.0. The Labute approximate surface area is 202 Å². The highest BCUT2D eigenvalue weighted by molar-refractivity contribution is 5.95. The van der Waals surface area contributed by atoms with E-state index in [2.05, 4.69) is 5.32 Å². The Morgan fingerprint density at radius 1 is 0.943 bits per heavy atom. The molecular formula is C27H28N2O6. The van der Waals surface area contributed by atoms with E-state index in [4.69, 9.17) is 0 Å². The molecule has 1 aliphatic carbocycles. The summed E-state index contributed by atoms with van der Waals surface area (Å²) in [4.78, 5) is 52.8. The maximum atomic E-state index is 13.8. The molecule has 3 atom stereocenters. The molecule has 2 heterocycles. The first-order chi connectivity index (χ1) is 16.8. The number of carboxylic acids is 2. The molecule has 1 fully saturated rings. The summed E-state index contributed by atoms with van der Waals surface area (Å²) in [6.07, 6.45) is 2.15. The number of piperidine rings is 1. The number of carbonyl (C=O) groups excluding carboxylic acids is 2. The van der Waals surface area contributed by atoms with E-state index in [-0.39, 0.29) is 31.7 Å². The number of carboxylic acid groups (broad SMARTS) is 2. The Morgan fingerprint density at radius 2 is 1.57 bits per heavy atom. The van der Waals surface area contributed by atoms with Gasteiger partial charge in [-0.25, -0.2) is 4.79 Å². The van der Waals surface area contributed by atoms with E-state index in [1.54, 1.807) is 0 Å². The molecule has 0 radical (unpaired) electrons. The zero-order chi connectivity index (χ0) is 24.7. The number of fused-ring (bicyclic) bond motifs is 4. The molecule has 3 unspecified atom stereocenters. The lowest BCUT2D eigenvalue weighted by molar-refractivity contribution is -0.156. The van der Waals surface area contributed by atoms with Crippen LogP contribution in [0.25, 0.3) is 0 Å². The van der Waals surface area contributed by atoms with Crippen LogP contribution in [0.4, 0.5) is 0 Å². The average Bonchev–Trinajstić information content (AvgIpc) is 3.16. The van der Waals surface area contributed by atoms with Gasteiger partial charge in [0, 0.05) is 6.42 Å². The van der Waals surface area contributed by atoms with Crippen molar-refractivity contribution >= 4 is 23.8 Å². The lowest BCUT2D eigenvalue weighted by Crippen LogP contribution is -2.57. The first-order valence-electron chi connectivity index (χ1n) is 12.0. The fourth-order valence-corrected chi connectivity index (χ4v) is 6.16. The van der Waals surface area contributed by atoms with Gasteiger partial charge in [0.25, 0.3) is 0 Å². The van der Waals surface area contributed by atoms with Crippen LogP contribution in [0.5, 0.6) is 0 Å². The molecule has 0 aromatic heterocycles. The molecule has 2 aromatic rings. The predicted octanol–water partition coefficient (Wildman–Crippen LogP) is 2.49. The second kappa shape index (κ2) is 8.83. The van der Waals surface area contributed by atoms with E-state index in [0.717, 1.165) is 22.3 Å². The van der Waals surface area contributed by atoms with Crippen LogP contribution >= 0.6 is 0 Å². The standard InChI is InChI=1S/C27H28N2O6/c30-23(31)15-27(13-17-7-1-2-8-18(17)14-27)26(35)28-20-12-16-6-3-4-9-19(16)21-10-5-11-22(25(33)34)29(21)24(20)32/h1-4,6-9,20-22H,5,10-15H2,(H,28,35)(H,30,31)(H,33,34). The van der Waals surface area contributed by atoms with Crippen molar-refractivity contribution in [3.05, 3.63) is 70.8 Å². The summed E-state index contributed by atoms with van der Waals surface area (Å²) in [5, 5.41) is 22.4. The van der Waals surface area contributed by atoms with Gasteiger partial charge >= 0.3 is 11.9 Å². The van der Waals surface area contributed by atoms with E-state index in [1.165, 1.54) is 4.90 Å².